The Balaban J connectivity index is 2.28. The van der Waals surface area contributed by atoms with Gasteiger partial charge in [-0.15, -0.1) is 0 Å². The first-order valence-corrected chi connectivity index (χ1v) is 7.68. The van der Waals surface area contributed by atoms with Gasteiger partial charge in [-0.25, -0.2) is 8.78 Å². The van der Waals surface area contributed by atoms with Crippen LogP contribution in [0.1, 0.15) is 30.6 Å². The summed E-state index contributed by atoms with van der Waals surface area (Å²) in [6.07, 6.45) is 2.81. The Labute approximate surface area is 131 Å². The standard InChI is InChI=1S/C16H17BrF2N2/c1-2-7-20-15(16-14(19)4-3-8-21-16)10-11-9-12(17)5-6-13(11)18/h3-6,8-9,15,20H,2,7,10H2,1H3. The number of benzene rings is 1. The van der Waals surface area contributed by atoms with E-state index in [4.69, 9.17) is 0 Å². The maximum Gasteiger partial charge on any atom is 0.146 e. The quantitative estimate of drug-likeness (QED) is 0.831. The lowest BCUT2D eigenvalue weighted by atomic mass is 10.0. The number of hydrogen-bond donors (Lipinski definition) is 1. The maximum atomic E-state index is 13.9. The summed E-state index contributed by atoms with van der Waals surface area (Å²) in [6, 6.07) is 7.35. The fourth-order valence-electron chi connectivity index (χ4n) is 2.16. The molecule has 0 spiro atoms. The van der Waals surface area contributed by atoms with Gasteiger partial charge in [-0.05, 0) is 55.3 Å². The topological polar surface area (TPSA) is 24.9 Å². The molecule has 1 N–H and O–H groups in total. The molecule has 2 aromatic rings. The van der Waals surface area contributed by atoms with Crippen molar-refractivity contribution in [2.24, 2.45) is 0 Å². The van der Waals surface area contributed by atoms with Crippen LogP contribution in [-0.2, 0) is 6.42 Å². The molecule has 0 bridgehead atoms. The van der Waals surface area contributed by atoms with Crippen molar-refractivity contribution in [1.82, 2.24) is 10.3 Å². The van der Waals surface area contributed by atoms with Crippen LogP contribution in [0.15, 0.2) is 41.0 Å². The van der Waals surface area contributed by atoms with Crippen LogP contribution in [0, 0.1) is 11.6 Å². The zero-order valence-corrected chi connectivity index (χ0v) is 13.3. The first kappa shape index (κ1) is 16.0. The average Bonchev–Trinajstić information content (AvgIpc) is 2.48. The zero-order chi connectivity index (χ0) is 15.2. The number of rotatable bonds is 6. The highest BCUT2D eigenvalue weighted by Crippen LogP contribution is 2.23. The highest BCUT2D eigenvalue weighted by molar-refractivity contribution is 9.10. The van der Waals surface area contributed by atoms with Gasteiger partial charge >= 0.3 is 0 Å². The van der Waals surface area contributed by atoms with Gasteiger partial charge in [0.25, 0.3) is 0 Å². The lowest BCUT2D eigenvalue weighted by Crippen LogP contribution is -2.26. The number of aromatic nitrogens is 1. The fourth-order valence-corrected chi connectivity index (χ4v) is 2.57. The third-order valence-corrected chi connectivity index (χ3v) is 3.68. The van der Waals surface area contributed by atoms with Gasteiger partial charge in [-0.2, -0.15) is 0 Å². The van der Waals surface area contributed by atoms with Crippen molar-refractivity contribution >= 4 is 15.9 Å². The third kappa shape index (κ3) is 4.32. The monoisotopic (exact) mass is 354 g/mol. The van der Waals surface area contributed by atoms with Gasteiger partial charge in [-0.3, -0.25) is 4.98 Å². The largest absolute Gasteiger partial charge is 0.308 e. The van der Waals surface area contributed by atoms with E-state index in [9.17, 15) is 8.78 Å². The minimum atomic E-state index is -0.374. The Kier molecular flexibility index (Phi) is 5.82. The molecule has 21 heavy (non-hydrogen) atoms. The SMILES string of the molecule is CCCNC(Cc1cc(Br)ccc1F)c1ncccc1F. The number of nitrogens with zero attached hydrogens (tertiary/aromatic N) is 1. The molecule has 1 aromatic heterocycles. The van der Waals surface area contributed by atoms with Crippen molar-refractivity contribution in [2.75, 3.05) is 6.54 Å². The second-order valence-electron chi connectivity index (χ2n) is 4.82. The summed E-state index contributed by atoms with van der Waals surface area (Å²) in [5, 5.41) is 3.24. The molecule has 0 fully saturated rings. The van der Waals surface area contributed by atoms with E-state index in [1.165, 1.54) is 12.1 Å². The van der Waals surface area contributed by atoms with Crippen LogP contribution in [0.25, 0.3) is 0 Å². The summed E-state index contributed by atoms with van der Waals surface area (Å²) in [5.74, 6) is -0.667. The molecule has 0 radical (unpaired) electrons. The molecule has 2 nitrogen and oxygen atoms in total. The molecular weight excluding hydrogens is 338 g/mol. The summed E-state index contributed by atoms with van der Waals surface area (Å²) in [5.41, 5.74) is 0.855. The second-order valence-corrected chi connectivity index (χ2v) is 5.73. The minimum absolute atomic E-state index is 0.294. The highest BCUT2D eigenvalue weighted by Gasteiger charge is 2.18. The Hall–Kier alpha value is -1.33. The van der Waals surface area contributed by atoms with Gasteiger partial charge in [-0.1, -0.05) is 22.9 Å². The van der Waals surface area contributed by atoms with Crippen molar-refractivity contribution in [3.05, 3.63) is 63.9 Å². The Morgan fingerprint density at radius 2 is 2.05 bits per heavy atom. The molecule has 1 heterocycles. The molecule has 0 aliphatic carbocycles. The highest BCUT2D eigenvalue weighted by atomic mass is 79.9. The first-order chi connectivity index (χ1) is 10.1. The summed E-state index contributed by atoms with van der Waals surface area (Å²) >= 11 is 3.33. The maximum absolute atomic E-state index is 13.9. The van der Waals surface area contributed by atoms with Crippen LogP contribution in [0.5, 0.6) is 0 Å². The van der Waals surface area contributed by atoms with E-state index in [2.05, 4.69) is 26.2 Å². The van der Waals surface area contributed by atoms with E-state index < -0.39 is 0 Å². The summed E-state index contributed by atoms with van der Waals surface area (Å²) in [7, 11) is 0. The molecule has 0 saturated carbocycles. The Morgan fingerprint density at radius 1 is 1.24 bits per heavy atom. The van der Waals surface area contributed by atoms with Crippen molar-refractivity contribution in [1.29, 1.82) is 0 Å². The predicted octanol–water partition coefficient (Wildman–Crippen LogP) is 4.41. The Bertz CT molecular complexity index is 605. The molecule has 1 aromatic carbocycles. The lowest BCUT2D eigenvalue weighted by Gasteiger charge is -2.19. The predicted molar refractivity (Wildman–Crippen MR) is 83.0 cm³/mol. The van der Waals surface area contributed by atoms with Crippen LogP contribution in [0.3, 0.4) is 0 Å². The molecule has 0 amide bonds. The number of nitrogens with one attached hydrogen (secondary N) is 1. The molecule has 0 saturated heterocycles. The normalized spacial score (nSPS) is 12.4. The summed E-state index contributed by atoms with van der Waals surface area (Å²) in [4.78, 5) is 4.11. The molecule has 5 heteroatoms. The molecule has 1 atom stereocenters. The zero-order valence-electron chi connectivity index (χ0n) is 11.7. The number of halogens is 3. The molecular formula is C16H17BrF2N2. The fraction of sp³-hybridized carbons (Fsp3) is 0.312. The van der Waals surface area contributed by atoms with Gasteiger partial charge in [0.1, 0.15) is 11.6 Å². The number of hydrogen-bond acceptors (Lipinski definition) is 2. The van der Waals surface area contributed by atoms with Crippen molar-refractivity contribution in [3.63, 3.8) is 0 Å². The van der Waals surface area contributed by atoms with Crippen molar-refractivity contribution in [2.45, 2.75) is 25.8 Å². The van der Waals surface area contributed by atoms with Gasteiger partial charge in [0.2, 0.25) is 0 Å². The minimum Gasteiger partial charge on any atom is -0.308 e. The van der Waals surface area contributed by atoms with E-state index >= 15 is 0 Å². The molecule has 0 aliphatic rings. The van der Waals surface area contributed by atoms with Crippen LogP contribution >= 0.6 is 15.9 Å². The molecule has 2 rings (SSSR count). The molecule has 112 valence electrons. The summed E-state index contributed by atoms with van der Waals surface area (Å²) in [6.45, 7) is 2.74. The Morgan fingerprint density at radius 3 is 2.76 bits per heavy atom. The van der Waals surface area contributed by atoms with E-state index in [0.29, 0.717) is 17.7 Å². The van der Waals surface area contributed by atoms with Crippen LogP contribution < -0.4 is 5.32 Å². The van der Waals surface area contributed by atoms with Gasteiger partial charge < -0.3 is 5.32 Å². The van der Waals surface area contributed by atoms with Gasteiger partial charge in [0.15, 0.2) is 0 Å². The molecule has 0 aliphatic heterocycles. The van der Waals surface area contributed by atoms with Gasteiger partial charge in [0, 0.05) is 10.7 Å². The first-order valence-electron chi connectivity index (χ1n) is 6.89. The summed E-state index contributed by atoms with van der Waals surface area (Å²) < 4.78 is 28.7. The van der Waals surface area contributed by atoms with Crippen LogP contribution in [0.4, 0.5) is 8.78 Å². The average molecular weight is 355 g/mol. The van der Waals surface area contributed by atoms with Gasteiger partial charge in [0.05, 0.1) is 11.7 Å². The van der Waals surface area contributed by atoms with E-state index in [-0.39, 0.29) is 17.7 Å². The van der Waals surface area contributed by atoms with Crippen LogP contribution in [-0.4, -0.2) is 11.5 Å². The second kappa shape index (κ2) is 7.61. The van der Waals surface area contributed by atoms with E-state index in [0.717, 1.165) is 17.4 Å². The smallest absolute Gasteiger partial charge is 0.146 e. The molecule has 1 unspecified atom stereocenters. The van der Waals surface area contributed by atoms with Crippen molar-refractivity contribution in [3.8, 4) is 0 Å². The third-order valence-electron chi connectivity index (χ3n) is 3.19. The lowest BCUT2D eigenvalue weighted by molar-refractivity contribution is 0.474. The van der Waals surface area contributed by atoms with Crippen molar-refractivity contribution < 1.29 is 8.78 Å². The van der Waals surface area contributed by atoms with Crippen LogP contribution in [0.2, 0.25) is 0 Å². The van der Waals surface area contributed by atoms with E-state index in [1.54, 1.807) is 24.4 Å². The number of pyridine rings is 1. The van der Waals surface area contributed by atoms with E-state index in [1.807, 2.05) is 6.92 Å².